The van der Waals surface area contributed by atoms with Gasteiger partial charge >= 0.3 is 14.0 Å². The Balaban J connectivity index is 0.00000191. The van der Waals surface area contributed by atoms with E-state index in [4.69, 9.17) is 8.05 Å². The number of nitrogens with zero attached hydrogens (tertiary/aromatic N) is 2. The van der Waals surface area contributed by atoms with Crippen molar-refractivity contribution in [1.29, 1.82) is 0 Å². The molecule has 1 heterocycles. The Morgan fingerprint density at radius 2 is 2.14 bits per heavy atom. The van der Waals surface area contributed by atoms with Crippen molar-refractivity contribution in [3.05, 3.63) is 60.6 Å². The van der Waals surface area contributed by atoms with Crippen LogP contribution in [0.15, 0.2) is 54.9 Å². The van der Waals surface area contributed by atoms with Gasteiger partial charge in [-0.15, -0.1) is 0 Å². The summed E-state index contributed by atoms with van der Waals surface area (Å²) in [5.41, 5.74) is 1.69. The van der Waals surface area contributed by atoms with Crippen LogP contribution in [0.1, 0.15) is 19.5 Å². The summed E-state index contributed by atoms with van der Waals surface area (Å²) < 4.78 is 4.11. The average Bonchev–Trinajstić information content (AvgIpc) is 3.05. The van der Waals surface area contributed by atoms with Gasteiger partial charge in [0.05, 0.1) is 18.3 Å². The second-order valence-corrected chi connectivity index (χ2v) is 3.37. The summed E-state index contributed by atoms with van der Waals surface area (Å²) in [6, 6.07) is 0. The van der Waals surface area contributed by atoms with Crippen molar-refractivity contribution in [3.63, 3.8) is 0 Å². The normalized spacial score (nSPS) is 11.0. The largest absolute Gasteiger partial charge is 0.540 e. The van der Waals surface area contributed by atoms with Crippen molar-refractivity contribution >= 4 is 14.0 Å². The summed E-state index contributed by atoms with van der Waals surface area (Å²) >= 11 is 0. The molecule has 0 fully saturated rings. The zero-order valence-corrected chi connectivity index (χ0v) is 12.3. The van der Waals surface area contributed by atoms with Crippen molar-refractivity contribution in [2.24, 2.45) is 0 Å². The Morgan fingerprint density at radius 3 is 2.62 bits per heavy atom. The fourth-order valence-electron chi connectivity index (χ4n) is 1.17. The van der Waals surface area contributed by atoms with E-state index in [0.29, 0.717) is 12.2 Å². The maximum atomic E-state index is 11.2. The van der Waals surface area contributed by atoms with E-state index < -0.39 is 5.97 Å². The molecule has 0 atom stereocenters. The lowest BCUT2D eigenvalue weighted by Crippen LogP contribution is -2.11. The van der Waals surface area contributed by atoms with Gasteiger partial charge in [0, 0.05) is 5.70 Å². The zero-order valence-electron chi connectivity index (χ0n) is 12.3. The van der Waals surface area contributed by atoms with Crippen molar-refractivity contribution in [1.82, 2.24) is 20.7 Å². The second-order valence-electron chi connectivity index (χ2n) is 3.37. The molecule has 0 saturated carbocycles. The van der Waals surface area contributed by atoms with Crippen LogP contribution in [0, 0.1) is 0 Å². The molecular formula is C14H19BN4O2. The standard InChI is InChI=1S/C12H13BN4O2.C2H6/c1-3-9(12(18)19-13)5-6-10(4-2)14-7-11-8-15-17-16-11;1-2/h3-6,8,14H,1-2,7H2,(H,15,16,17);1-2H3/b9-5+,10-6+;. The molecule has 0 aromatic carbocycles. The second kappa shape index (κ2) is 11.3. The number of H-pyrrole nitrogens is 1. The van der Waals surface area contributed by atoms with Gasteiger partial charge in [0.2, 0.25) is 0 Å². The van der Waals surface area contributed by atoms with Crippen LogP contribution in [-0.2, 0) is 16.0 Å². The number of nitrogens with one attached hydrogen (secondary N) is 2. The minimum Gasteiger partial charge on any atom is -0.540 e. The smallest absolute Gasteiger partial charge is 0.378 e. The third-order valence-electron chi connectivity index (χ3n) is 2.16. The molecule has 0 aliphatic heterocycles. The average molecular weight is 286 g/mol. The highest BCUT2D eigenvalue weighted by atomic mass is 16.5. The Kier molecular flexibility index (Phi) is 9.90. The SMILES string of the molecule is CC.[B]OC(=O)/C(C=C)=C/C=C(\C=C)NCc1cn[nH]n1. The molecule has 110 valence electrons. The van der Waals surface area contributed by atoms with Crippen LogP contribution in [0.5, 0.6) is 0 Å². The molecule has 2 radical (unpaired) electrons. The molecule has 21 heavy (non-hydrogen) atoms. The molecule has 6 nitrogen and oxygen atoms in total. The quantitative estimate of drug-likeness (QED) is 0.453. The highest BCUT2D eigenvalue weighted by Crippen LogP contribution is 2.02. The number of aromatic amines is 1. The van der Waals surface area contributed by atoms with Crippen molar-refractivity contribution in [2.75, 3.05) is 0 Å². The topological polar surface area (TPSA) is 79.9 Å². The maximum absolute atomic E-state index is 11.2. The van der Waals surface area contributed by atoms with Gasteiger partial charge in [-0.2, -0.15) is 15.4 Å². The first-order chi connectivity index (χ1) is 10.2. The lowest BCUT2D eigenvalue weighted by molar-refractivity contribution is -0.129. The molecule has 1 aromatic heterocycles. The number of carbonyl (C=O) groups is 1. The lowest BCUT2D eigenvalue weighted by Gasteiger charge is -2.04. The molecule has 0 amide bonds. The number of hydrogen-bond acceptors (Lipinski definition) is 5. The first kappa shape index (κ1) is 18.4. The van der Waals surface area contributed by atoms with Crippen LogP contribution in [0.4, 0.5) is 0 Å². The summed E-state index contributed by atoms with van der Waals surface area (Å²) in [5, 5.41) is 13.2. The van der Waals surface area contributed by atoms with Gasteiger partial charge in [-0.1, -0.05) is 33.1 Å². The number of rotatable bonds is 7. The number of hydrogen-bond donors (Lipinski definition) is 2. The van der Waals surface area contributed by atoms with E-state index in [-0.39, 0.29) is 5.57 Å². The highest BCUT2D eigenvalue weighted by Gasteiger charge is 2.03. The monoisotopic (exact) mass is 286 g/mol. The molecule has 0 aliphatic rings. The Morgan fingerprint density at radius 1 is 1.43 bits per heavy atom. The van der Waals surface area contributed by atoms with Crippen molar-refractivity contribution in [2.45, 2.75) is 20.4 Å². The van der Waals surface area contributed by atoms with E-state index >= 15 is 0 Å². The van der Waals surface area contributed by atoms with Gasteiger partial charge in [0.15, 0.2) is 0 Å². The number of allylic oxidation sites excluding steroid dienone is 3. The van der Waals surface area contributed by atoms with Gasteiger partial charge in [-0.25, -0.2) is 4.79 Å². The summed E-state index contributed by atoms with van der Waals surface area (Å²) in [7, 11) is 4.80. The van der Waals surface area contributed by atoms with Gasteiger partial charge in [0.25, 0.3) is 0 Å². The molecule has 1 aromatic rings. The molecule has 1 rings (SSSR count). The molecule has 2 N–H and O–H groups in total. The van der Waals surface area contributed by atoms with E-state index in [1.54, 1.807) is 18.3 Å². The van der Waals surface area contributed by atoms with E-state index in [1.807, 2.05) is 13.8 Å². The highest BCUT2D eigenvalue weighted by molar-refractivity contribution is 6.10. The van der Waals surface area contributed by atoms with E-state index in [1.165, 1.54) is 12.2 Å². The van der Waals surface area contributed by atoms with Crippen LogP contribution in [0.2, 0.25) is 0 Å². The van der Waals surface area contributed by atoms with Crippen LogP contribution >= 0.6 is 0 Å². The predicted octanol–water partition coefficient (Wildman–Crippen LogP) is 1.73. The first-order valence-corrected chi connectivity index (χ1v) is 6.37. The predicted molar refractivity (Wildman–Crippen MR) is 83.0 cm³/mol. The van der Waals surface area contributed by atoms with Crippen LogP contribution in [0.3, 0.4) is 0 Å². The van der Waals surface area contributed by atoms with Crippen molar-refractivity contribution in [3.8, 4) is 0 Å². The molecule has 0 bridgehead atoms. The first-order valence-electron chi connectivity index (χ1n) is 6.37. The van der Waals surface area contributed by atoms with Crippen LogP contribution in [0.25, 0.3) is 0 Å². The molecule has 0 aliphatic carbocycles. The van der Waals surface area contributed by atoms with E-state index in [2.05, 4.69) is 38.5 Å². The van der Waals surface area contributed by atoms with E-state index in [0.717, 1.165) is 5.69 Å². The lowest BCUT2D eigenvalue weighted by atomic mass is 10.2. The molecule has 0 spiro atoms. The number of carbonyl (C=O) groups excluding carboxylic acids is 1. The summed E-state index contributed by atoms with van der Waals surface area (Å²) in [5.74, 6) is -0.661. The zero-order chi connectivity index (χ0) is 16.1. The van der Waals surface area contributed by atoms with Crippen LogP contribution in [-0.4, -0.2) is 29.4 Å². The van der Waals surface area contributed by atoms with Gasteiger partial charge < -0.3 is 9.97 Å². The third-order valence-corrected chi connectivity index (χ3v) is 2.16. The van der Waals surface area contributed by atoms with Crippen LogP contribution < -0.4 is 5.32 Å². The van der Waals surface area contributed by atoms with Gasteiger partial charge in [-0.05, 0) is 18.2 Å². The Labute approximate surface area is 126 Å². The van der Waals surface area contributed by atoms with Crippen molar-refractivity contribution < 1.29 is 9.45 Å². The minimum absolute atomic E-state index is 0.241. The molecular weight excluding hydrogens is 267 g/mol. The van der Waals surface area contributed by atoms with Gasteiger partial charge in [-0.3, -0.25) is 0 Å². The summed E-state index contributed by atoms with van der Waals surface area (Å²) in [4.78, 5) is 11.2. The molecule has 7 heteroatoms. The Bertz CT molecular complexity index is 507. The molecule has 0 saturated heterocycles. The van der Waals surface area contributed by atoms with E-state index in [9.17, 15) is 4.79 Å². The number of aromatic nitrogens is 3. The fraction of sp³-hybridized carbons (Fsp3) is 0.214. The fourth-order valence-corrected chi connectivity index (χ4v) is 1.17. The summed E-state index contributed by atoms with van der Waals surface area (Å²) in [6.07, 6.45) is 7.73. The summed E-state index contributed by atoms with van der Waals surface area (Å²) in [6.45, 7) is 11.6. The third kappa shape index (κ3) is 6.96. The Hall–Kier alpha value is -2.57. The molecule has 0 unspecified atom stereocenters. The minimum atomic E-state index is -0.661. The maximum Gasteiger partial charge on any atom is 0.378 e. The van der Waals surface area contributed by atoms with Gasteiger partial charge in [0.1, 0.15) is 5.69 Å².